The van der Waals surface area contributed by atoms with Crippen molar-refractivity contribution in [2.45, 2.75) is 13.2 Å². The van der Waals surface area contributed by atoms with Gasteiger partial charge < -0.3 is 24.2 Å². The van der Waals surface area contributed by atoms with Crippen molar-refractivity contribution < 1.29 is 18.0 Å². The number of ether oxygens (including phenoxy) is 1. The molecule has 1 fully saturated rings. The molecule has 1 saturated heterocycles. The molecular formula is C26H24FN9O5S. The maximum atomic E-state index is 14.9. The van der Waals surface area contributed by atoms with E-state index in [1.54, 1.807) is 35.1 Å². The van der Waals surface area contributed by atoms with Gasteiger partial charge in [-0.05, 0) is 30.3 Å². The van der Waals surface area contributed by atoms with Crippen molar-refractivity contribution in [2.24, 2.45) is 0 Å². The van der Waals surface area contributed by atoms with Gasteiger partial charge in [-0.2, -0.15) is 14.6 Å². The predicted molar refractivity (Wildman–Crippen MR) is 151 cm³/mol. The summed E-state index contributed by atoms with van der Waals surface area (Å²) < 4.78 is 34.5. The second kappa shape index (κ2) is 10.5. The van der Waals surface area contributed by atoms with E-state index in [4.69, 9.17) is 19.3 Å². The number of anilines is 2. The number of nitrogens with zero attached hydrogens (tertiary/aromatic N) is 7. The lowest BCUT2D eigenvalue weighted by Gasteiger charge is -2.36. The van der Waals surface area contributed by atoms with Gasteiger partial charge >= 0.3 is 10.6 Å². The Kier molecular flexibility index (Phi) is 6.47. The van der Waals surface area contributed by atoms with Gasteiger partial charge in [0.05, 0.1) is 17.5 Å². The van der Waals surface area contributed by atoms with Gasteiger partial charge in [-0.3, -0.25) is 14.3 Å². The number of aromatic nitrogens is 6. The highest BCUT2D eigenvalue weighted by Crippen LogP contribution is 2.29. The van der Waals surface area contributed by atoms with Crippen LogP contribution in [-0.4, -0.2) is 67.0 Å². The molecule has 216 valence electrons. The van der Waals surface area contributed by atoms with Crippen LogP contribution in [0.5, 0.6) is 5.75 Å². The van der Waals surface area contributed by atoms with Crippen molar-refractivity contribution in [2.75, 3.05) is 43.4 Å². The highest BCUT2D eigenvalue weighted by Gasteiger charge is 2.22. The number of hydrogen-bond acceptors (Lipinski definition) is 12. The van der Waals surface area contributed by atoms with Crippen molar-refractivity contribution in [1.82, 2.24) is 34.3 Å². The fourth-order valence-corrected chi connectivity index (χ4v) is 6.01. The third-order valence-corrected chi connectivity index (χ3v) is 8.13. The normalized spacial score (nSPS) is 14.4. The van der Waals surface area contributed by atoms with E-state index in [9.17, 15) is 14.0 Å². The summed E-state index contributed by atoms with van der Waals surface area (Å²) in [5.41, 5.74) is 8.53. The minimum Gasteiger partial charge on any atom is -0.484 e. The topological polar surface area (TPSA) is 166 Å². The minimum atomic E-state index is -0.678. The second-order valence-electron chi connectivity index (χ2n) is 9.68. The molecule has 6 heterocycles. The molecule has 5 aromatic heterocycles. The molecule has 0 radical (unpaired) electrons. The number of H-pyrrole nitrogens is 1. The first-order chi connectivity index (χ1) is 20.4. The molecule has 0 atom stereocenters. The number of aromatic amines is 1. The molecule has 16 heteroatoms. The molecule has 0 unspecified atom stereocenters. The second-order valence-corrected chi connectivity index (χ2v) is 10.6. The molecule has 7 rings (SSSR count). The van der Waals surface area contributed by atoms with Gasteiger partial charge in [0, 0.05) is 45.3 Å². The molecule has 0 aliphatic carbocycles. The lowest BCUT2D eigenvalue weighted by atomic mass is 10.2. The summed E-state index contributed by atoms with van der Waals surface area (Å²) in [6, 6.07) is 10.1. The van der Waals surface area contributed by atoms with E-state index < -0.39 is 11.6 Å². The Hall–Kier alpha value is -4.96. The molecule has 1 aromatic carbocycles. The van der Waals surface area contributed by atoms with Gasteiger partial charge in [0.25, 0.3) is 5.89 Å². The molecule has 14 nitrogen and oxygen atoms in total. The Balaban J connectivity index is 1.00. The summed E-state index contributed by atoms with van der Waals surface area (Å²) in [7, 11) is 0. The average Bonchev–Trinajstić information content (AvgIpc) is 3.79. The Morgan fingerprint density at radius 1 is 1.12 bits per heavy atom. The molecule has 0 amide bonds. The predicted octanol–water partition coefficient (Wildman–Crippen LogP) is 2.16. The Bertz CT molecular complexity index is 2000. The van der Waals surface area contributed by atoms with Crippen molar-refractivity contribution in [3.05, 3.63) is 74.6 Å². The summed E-state index contributed by atoms with van der Waals surface area (Å²) in [5, 5.41) is 10.3. The highest BCUT2D eigenvalue weighted by atomic mass is 32.1. The van der Waals surface area contributed by atoms with E-state index in [1.165, 1.54) is 10.6 Å². The summed E-state index contributed by atoms with van der Waals surface area (Å²) in [6.07, 6.45) is 1.57. The van der Waals surface area contributed by atoms with Gasteiger partial charge in [-0.15, -0.1) is 5.10 Å². The van der Waals surface area contributed by atoms with Crippen molar-refractivity contribution in [1.29, 1.82) is 0 Å². The first-order valence-corrected chi connectivity index (χ1v) is 13.9. The highest BCUT2D eigenvalue weighted by molar-refractivity contribution is 7.17. The third-order valence-electron chi connectivity index (χ3n) is 7.14. The molecule has 0 saturated carbocycles. The summed E-state index contributed by atoms with van der Waals surface area (Å²) in [5.74, 6) is 0.0678. The Labute approximate surface area is 239 Å². The van der Waals surface area contributed by atoms with E-state index in [-0.39, 0.29) is 23.3 Å². The van der Waals surface area contributed by atoms with Crippen molar-refractivity contribution in [3.63, 3.8) is 0 Å². The third kappa shape index (κ3) is 4.79. The first kappa shape index (κ1) is 26.0. The zero-order chi connectivity index (χ0) is 28.8. The van der Waals surface area contributed by atoms with E-state index in [2.05, 4.69) is 25.2 Å². The number of thiazole rings is 1. The van der Waals surface area contributed by atoms with Crippen molar-refractivity contribution >= 4 is 38.8 Å². The number of piperazine rings is 1. The number of fused-ring (bicyclic) bond motifs is 3. The van der Waals surface area contributed by atoms with Gasteiger partial charge in [0.2, 0.25) is 5.95 Å². The van der Waals surface area contributed by atoms with E-state index in [0.29, 0.717) is 78.0 Å². The molecule has 0 bridgehead atoms. The van der Waals surface area contributed by atoms with Crippen LogP contribution in [0.1, 0.15) is 5.89 Å². The zero-order valence-corrected chi connectivity index (χ0v) is 22.8. The summed E-state index contributed by atoms with van der Waals surface area (Å²) >= 11 is 1.11. The summed E-state index contributed by atoms with van der Waals surface area (Å²) in [6.45, 7) is 3.60. The molecular weight excluding hydrogens is 569 g/mol. The fourth-order valence-electron chi connectivity index (χ4n) is 5.05. The monoisotopic (exact) mass is 593 g/mol. The number of nitrogens with one attached hydrogen (secondary N) is 1. The van der Waals surface area contributed by atoms with Crippen LogP contribution in [0.4, 0.5) is 16.0 Å². The zero-order valence-electron chi connectivity index (χ0n) is 22.0. The number of rotatable bonds is 8. The van der Waals surface area contributed by atoms with Crippen LogP contribution in [0.3, 0.4) is 0 Å². The smallest absolute Gasteiger partial charge is 0.434 e. The SMILES string of the molecule is Nc1nc2c(sc(=O)n2CCN2CCN(c3ccc(OCc4n[nH]c(=O)o4)cc3F)CC2)c2cc(-c3ccco3)nn12. The van der Waals surface area contributed by atoms with Gasteiger partial charge in [-0.25, -0.2) is 14.3 Å². The Morgan fingerprint density at radius 3 is 2.71 bits per heavy atom. The van der Waals surface area contributed by atoms with Crippen LogP contribution in [-0.2, 0) is 13.2 Å². The summed E-state index contributed by atoms with van der Waals surface area (Å²) in [4.78, 5) is 32.6. The first-order valence-electron chi connectivity index (χ1n) is 13.1. The number of hydrogen-bond donors (Lipinski definition) is 2. The maximum Gasteiger partial charge on any atom is 0.434 e. The minimum absolute atomic E-state index is 0.0759. The van der Waals surface area contributed by atoms with Gasteiger partial charge in [0.15, 0.2) is 18.0 Å². The van der Waals surface area contributed by atoms with Gasteiger partial charge in [-0.1, -0.05) is 11.3 Å². The Morgan fingerprint density at radius 2 is 1.98 bits per heavy atom. The molecule has 42 heavy (non-hydrogen) atoms. The largest absolute Gasteiger partial charge is 0.484 e. The average molecular weight is 594 g/mol. The molecule has 0 spiro atoms. The molecule has 1 aliphatic rings. The van der Waals surface area contributed by atoms with E-state index in [1.807, 2.05) is 11.0 Å². The van der Waals surface area contributed by atoms with Gasteiger partial charge in [0.1, 0.15) is 22.0 Å². The van der Waals surface area contributed by atoms with E-state index >= 15 is 0 Å². The number of benzene rings is 1. The van der Waals surface area contributed by atoms with E-state index in [0.717, 1.165) is 11.3 Å². The van der Waals surface area contributed by atoms with Crippen LogP contribution >= 0.6 is 11.3 Å². The fraction of sp³-hybridized carbons (Fsp3) is 0.269. The number of nitrogen functional groups attached to an aromatic ring is 1. The molecule has 6 aromatic rings. The quantitative estimate of drug-likeness (QED) is 0.266. The lowest BCUT2D eigenvalue weighted by Crippen LogP contribution is -2.47. The number of nitrogens with two attached hydrogens (primary N) is 1. The van der Waals surface area contributed by atoms with Crippen LogP contribution in [0, 0.1) is 5.82 Å². The van der Waals surface area contributed by atoms with Crippen molar-refractivity contribution in [3.8, 4) is 17.2 Å². The maximum absolute atomic E-state index is 14.9. The number of furan rings is 1. The molecule has 3 N–H and O–H groups in total. The molecule has 1 aliphatic heterocycles. The standard InChI is InChI=1S/C26H24FN9O5S/c27-16-12-15(40-14-21-30-31-25(37)41-21)3-4-18(16)34-8-5-33(6-9-34)7-10-35-23-22(42-26(35)38)19-13-17(20-2-1-11-39-20)32-36(19)24(28)29-23/h1-4,11-13H,5-10,14H2,(H2,28,29)(H,31,37). The lowest BCUT2D eigenvalue weighted by molar-refractivity contribution is 0.247. The number of halogens is 1. The van der Waals surface area contributed by atoms with Crippen LogP contribution < -0.4 is 26.0 Å². The van der Waals surface area contributed by atoms with Crippen LogP contribution in [0.2, 0.25) is 0 Å². The van der Waals surface area contributed by atoms with Crippen LogP contribution in [0.15, 0.2) is 61.1 Å². The van der Waals surface area contributed by atoms with Crippen LogP contribution in [0.25, 0.3) is 27.3 Å².